The molecule has 0 spiro atoms. The van der Waals surface area contributed by atoms with Crippen LogP contribution in [0.5, 0.6) is 0 Å². The van der Waals surface area contributed by atoms with Crippen LogP contribution in [0.3, 0.4) is 0 Å². The van der Waals surface area contributed by atoms with E-state index in [1.54, 1.807) is 7.11 Å². The molecule has 2 bridgehead atoms. The summed E-state index contributed by atoms with van der Waals surface area (Å²) in [5, 5.41) is 9.79. The van der Waals surface area contributed by atoms with Gasteiger partial charge in [0.15, 0.2) is 5.79 Å². The first kappa shape index (κ1) is 9.40. The summed E-state index contributed by atoms with van der Waals surface area (Å²) in [6, 6.07) is 0. The molecule has 0 radical (unpaired) electrons. The van der Waals surface area contributed by atoms with E-state index in [-0.39, 0.29) is 6.10 Å². The van der Waals surface area contributed by atoms with Crippen LogP contribution in [0, 0.1) is 0 Å². The van der Waals surface area contributed by atoms with Gasteiger partial charge in [-0.1, -0.05) is 0 Å². The lowest BCUT2D eigenvalue weighted by molar-refractivity contribution is -0.279. The summed E-state index contributed by atoms with van der Waals surface area (Å²) in [6.45, 7) is 4.16. The molecule has 0 unspecified atom stereocenters. The zero-order valence-electron chi connectivity index (χ0n) is 8.24. The van der Waals surface area contributed by atoms with Crippen molar-refractivity contribution in [2.24, 2.45) is 0 Å². The number of methoxy groups -OCH3 is 1. The van der Waals surface area contributed by atoms with Crippen molar-refractivity contribution >= 4 is 0 Å². The van der Waals surface area contributed by atoms with Crippen molar-refractivity contribution in [3.63, 3.8) is 0 Å². The molecule has 0 amide bonds. The van der Waals surface area contributed by atoms with E-state index in [1.807, 2.05) is 13.8 Å². The van der Waals surface area contributed by atoms with Gasteiger partial charge in [0.1, 0.15) is 11.7 Å². The van der Waals surface area contributed by atoms with Crippen molar-refractivity contribution < 1.29 is 19.3 Å². The first-order chi connectivity index (χ1) is 6.00. The third-order valence-electron chi connectivity index (χ3n) is 3.09. The van der Waals surface area contributed by atoms with Crippen molar-refractivity contribution in [2.45, 2.75) is 43.9 Å². The van der Waals surface area contributed by atoms with E-state index in [9.17, 15) is 5.11 Å². The Bertz CT molecular complexity index is 220. The summed E-state index contributed by atoms with van der Waals surface area (Å²) in [7, 11) is 1.61. The van der Waals surface area contributed by atoms with Crippen molar-refractivity contribution in [3.8, 4) is 0 Å². The standard InChI is InChI=1S/C9H16O4/c1-8-5-12-9(2,13-8)7(11-3)4-6(8)10/h6-7,10H,4-5H2,1-3H3/t6-,7+,8+,9+/m0/s1. The molecule has 76 valence electrons. The van der Waals surface area contributed by atoms with E-state index in [1.165, 1.54) is 0 Å². The summed E-state index contributed by atoms with van der Waals surface area (Å²) in [5.41, 5.74) is -0.552. The van der Waals surface area contributed by atoms with Crippen molar-refractivity contribution in [1.29, 1.82) is 0 Å². The predicted octanol–water partition coefficient (Wildman–Crippen LogP) is 0.288. The number of rotatable bonds is 1. The van der Waals surface area contributed by atoms with Crippen LogP contribution in [-0.4, -0.2) is 42.4 Å². The zero-order valence-corrected chi connectivity index (χ0v) is 8.24. The van der Waals surface area contributed by atoms with Crippen molar-refractivity contribution in [2.75, 3.05) is 13.7 Å². The summed E-state index contributed by atoms with van der Waals surface area (Å²) in [6.07, 6.45) is -0.116. The van der Waals surface area contributed by atoms with Gasteiger partial charge in [-0.3, -0.25) is 0 Å². The van der Waals surface area contributed by atoms with Crippen LogP contribution >= 0.6 is 0 Å². The highest BCUT2D eigenvalue weighted by atomic mass is 16.8. The maximum atomic E-state index is 9.79. The fourth-order valence-electron chi connectivity index (χ4n) is 2.11. The van der Waals surface area contributed by atoms with Crippen LogP contribution in [0.2, 0.25) is 0 Å². The van der Waals surface area contributed by atoms with E-state index in [0.29, 0.717) is 13.0 Å². The highest BCUT2D eigenvalue weighted by Crippen LogP contribution is 2.43. The lowest BCUT2D eigenvalue weighted by atomic mass is 9.90. The SMILES string of the molecule is CO[C@@H]1C[C@H](O)[C@@]2(C)CO[C@]1(C)O2. The van der Waals surface area contributed by atoms with Gasteiger partial charge in [-0.05, 0) is 13.8 Å². The molecule has 2 rings (SSSR count). The second kappa shape index (κ2) is 2.67. The Morgan fingerprint density at radius 3 is 2.77 bits per heavy atom. The third-order valence-corrected chi connectivity index (χ3v) is 3.09. The molecule has 4 heteroatoms. The molecule has 2 heterocycles. The molecule has 0 aliphatic carbocycles. The molecule has 2 saturated heterocycles. The summed E-state index contributed by atoms with van der Waals surface area (Å²) < 4.78 is 16.5. The summed E-state index contributed by atoms with van der Waals surface area (Å²) >= 11 is 0. The molecule has 1 N–H and O–H groups in total. The second-order valence-corrected chi connectivity index (χ2v) is 4.20. The highest BCUT2D eigenvalue weighted by molar-refractivity contribution is 5.01. The third kappa shape index (κ3) is 1.21. The Kier molecular flexibility index (Phi) is 1.93. The van der Waals surface area contributed by atoms with Crippen molar-refractivity contribution in [3.05, 3.63) is 0 Å². The number of fused-ring (bicyclic) bond motifs is 2. The number of aliphatic hydroxyl groups is 1. The smallest absolute Gasteiger partial charge is 0.192 e. The minimum atomic E-state index is -0.678. The molecular weight excluding hydrogens is 172 g/mol. The first-order valence-corrected chi connectivity index (χ1v) is 4.55. The van der Waals surface area contributed by atoms with E-state index in [2.05, 4.69) is 0 Å². The number of hydrogen-bond acceptors (Lipinski definition) is 4. The molecule has 2 aliphatic heterocycles. The number of aliphatic hydroxyl groups excluding tert-OH is 1. The molecule has 0 aromatic carbocycles. The van der Waals surface area contributed by atoms with Gasteiger partial charge < -0.3 is 19.3 Å². The Morgan fingerprint density at radius 1 is 1.46 bits per heavy atom. The van der Waals surface area contributed by atoms with E-state index in [4.69, 9.17) is 14.2 Å². The van der Waals surface area contributed by atoms with Crippen LogP contribution in [0.15, 0.2) is 0 Å². The van der Waals surface area contributed by atoms with Crippen LogP contribution in [-0.2, 0) is 14.2 Å². The van der Waals surface area contributed by atoms with E-state index >= 15 is 0 Å². The topological polar surface area (TPSA) is 47.9 Å². The minimum absolute atomic E-state index is 0.182. The van der Waals surface area contributed by atoms with E-state index in [0.717, 1.165) is 0 Å². The average Bonchev–Trinajstić information content (AvgIpc) is 2.35. The van der Waals surface area contributed by atoms with Gasteiger partial charge >= 0.3 is 0 Å². The summed E-state index contributed by atoms with van der Waals surface area (Å²) in [4.78, 5) is 0. The maximum absolute atomic E-state index is 9.79. The largest absolute Gasteiger partial charge is 0.390 e. The fraction of sp³-hybridized carbons (Fsp3) is 1.00. The highest BCUT2D eigenvalue weighted by Gasteiger charge is 2.58. The van der Waals surface area contributed by atoms with Crippen LogP contribution < -0.4 is 0 Å². The molecule has 0 aromatic heterocycles. The number of ether oxygens (including phenoxy) is 3. The van der Waals surface area contributed by atoms with Crippen LogP contribution in [0.1, 0.15) is 20.3 Å². The summed E-state index contributed by atoms with van der Waals surface area (Å²) in [5.74, 6) is -0.678. The Balaban J connectivity index is 2.24. The van der Waals surface area contributed by atoms with Crippen LogP contribution in [0.4, 0.5) is 0 Å². The Morgan fingerprint density at radius 2 is 2.15 bits per heavy atom. The van der Waals surface area contributed by atoms with Gasteiger partial charge in [-0.15, -0.1) is 0 Å². The minimum Gasteiger partial charge on any atom is -0.390 e. The van der Waals surface area contributed by atoms with Gasteiger partial charge in [0.25, 0.3) is 0 Å². The molecular formula is C9H16O4. The van der Waals surface area contributed by atoms with E-state index < -0.39 is 17.5 Å². The fourth-order valence-corrected chi connectivity index (χ4v) is 2.11. The molecule has 4 nitrogen and oxygen atoms in total. The van der Waals surface area contributed by atoms with Crippen LogP contribution in [0.25, 0.3) is 0 Å². The maximum Gasteiger partial charge on any atom is 0.192 e. The monoisotopic (exact) mass is 188 g/mol. The molecule has 0 aromatic rings. The Hall–Kier alpha value is -0.160. The van der Waals surface area contributed by atoms with Gasteiger partial charge in [0.05, 0.1) is 12.7 Å². The van der Waals surface area contributed by atoms with Crippen molar-refractivity contribution in [1.82, 2.24) is 0 Å². The molecule has 13 heavy (non-hydrogen) atoms. The molecule has 4 atom stereocenters. The van der Waals surface area contributed by atoms with Gasteiger partial charge in [0.2, 0.25) is 0 Å². The molecule has 2 fully saturated rings. The lowest BCUT2D eigenvalue weighted by Gasteiger charge is -2.41. The molecule has 2 aliphatic rings. The second-order valence-electron chi connectivity index (χ2n) is 4.20. The Labute approximate surface area is 77.8 Å². The lowest BCUT2D eigenvalue weighted by Crippen LogP contribution is -2.55. The average molecular weight is 188 g/mol. The predicted molar refractivity (Wildman–Crippen MR) is 45.3 cm³/mol. The zero-order chi connectivity index (χ0) is 9.69. The normalized spacial score (nSPS) is 55.4. The van der Waals surface area contributed by atoms with Gasteiger partial charge in [0, 0.05) is 13.5 Å². The first-order valence-electron chi connectivity index (χ1n) is 4.55. The molecule has 0 saturated carbocycles. The number of hydrogen-bond donors (Lipinski definition) is 1. The van der Waals surface area contributed by atoms with Gasteiger partial charge in [-0.25, -0.2) is 0 Å². The quantitative estimate of drug-likeness (QED) is 0.642. The van der Waals surface area contributed by atoms with Gasteiger partial charge in [-0.2, -0.15) is 0 Å².